The van der Waals surface area contributed by atoms with Crippen LogP contribution in [0, 0.1) is 11.7 Å². The topological polar surface area (TPSA) is 41.1 Å². The molecule has 2 rings (SSSR count). The summed E-state index contributed by atoms with van der Waals surface area (Å²) in [6.45, 7) is 2.64. The molecule has 0 saturated carbocycles. The van der Waals surface area contributed by atoms with E-state index in [0.29, 0.717) is 18.9 Å². The Balaban J connectivity index is 1.64. The number of halogens is 1. The zero-order valence-corrected chi connectivity index (χ0v) is 11.1. The van der Waals surface area contributed by atoms with Crippen molar-refractivity contribution in [3.05, 3.63) is 35.6 Å². The third kappa shape index (κ3) is 4.99. The highest BCUT2D eigenvalue weighted by Gasteiger charge is 2.16. The van der Waals surface area contributed by atoms with Crippen molar-refractivity contribution in [3.8, 4) is 0 Å². The molecule has 1 amide bonds. The van der Waals surface area contributed by atoms with Gasteiger partial charge >= 0.3 is 0 Å². The lowest BCUT2D eigenvalue weighted by Gasteiger charge is -2.22. The van der Waals surface area contributed by atoms with Crippen molar-refractivity contribution < 1.29 is 9.18 Å². The van der Waals surface area contributed by atoms with Crippen molar-refractivity contribution in [1.29, 1.82) is 0 Å². The third-order valence-electron chi connectivity index (χ3n) is 3.52. The molecule has 1 aromatic carbocycles. The van der Waals surface area contributed by atoms with Gasteiger partial charge in [0.25, 0.3) is 0 Å². The van der Waals surface area contributed by atoms with Crippen LogP contribution in [0.15, 0.2) is 24.3 Å². The first-order valence-electron chi connectivity index (χ1n) is 6.96. The Morgan fingerprint density at radius 1 is 1.37 bits per heavy atom. The lowest BCUT2D eigenvalue weighted by Crippen LogP contribution is -2.34. The van der Waals surface area contributed by atoms with Gasteiger partial charge in [-0.05, 0) is 56.0 Å². The second kappa shape index (κ2) is 7.24. The highest BCUT2D eigenvalue weighted by Crippen LogP contribution is 2.13. The van der Waals surface area contributed by atoms with E-state index in [9.17, 15) is 9.18 Å². The van der Waals surface area contributed by atoms with Crippen molar-refractivity contribution in [2.45, 2.75) is 25.7 Å². The van der Waals surface area contributed by atoms with Gasteiger partial charge in [-0.1, -0.05) is 12.1 Å². The SMILES string of the molecule is O=C(CC1CCCNC1)NCCc1ccc(F)cc1. The van der Waals surface area contributed by atoms with E-state index >= 15 is 0 Å². The first-order valence-corrected chi connectivity index (χ1v) is 6.96. The molecule has 0 aliphatic carbocycles. The van der Waals surface area contributed by atoms with E-state index in [1.165, 1.54) is 12.1 Å². The summed E-state index contributed by atoms with van der Waals surface area (Å²) in [7, 11) is 0. The van der Waals surface area contributed by atoms with Crippen molar-refractivity contribution >= 4 is 5.91 Å². The Kier molecular flexibility index (Phi) is 5.33. The molecule has 4 heteroatoms. The van der Waals surface area contributed by atoms with Gasteiger partial charge in [0.15, 0.2) is 0 Å². The summed E-state index contributed by atoms with van der Waals surface area (Å²) in [5, 5.41) is 6.24. The number of carbonyl (C=O) groups is 1. The van der Waals surface area contributed by atoms with Crippen LogP contribution in [0.4, 0.5) is 4.39 Å². The fourth-order valence-electron chi connectivity index (χ4n) is 2.43. The molecule has 1 atom stereocenters. The largest absolute Gasteiger partial charge is 0.356 e. The standard InChI is InChI=1S/C15H21FN2O/c16-14-5-3-12(4-6-14)7-9-18-15(19)10-13-2-1-8-17-11-13/h3-6,13,17H,1-2,7-11H2,(H,18,19). The van der Waals surface area contributed by atoms with Gasteiger partial charge in [0, 0.05) is 13.0 Å². The van der Waals surface area contributed by atoms with Crippen LogP contribution in [-0.2, 0) is 11.2 Å². The van der Waals surface area contributed by atoms with Crippen molar-refractivity contribution in [1.82, 2.24) is 10.6 Å². The minimum absolute atomic E-state index is 0.121. The summed E-state index contributed by atoms with van der Waals surface area (Å²) >= 11 is 0. The number of hydrogen-bond acceptors (Lipinski definition) is 2. The van der Waals surface area contributed by atoms with Gasteiger partial charge in [0.05, 0.1) is 0 Å². The molecule has 1 aliphatic rings. The van der Waals surface area contributed by atoms with Crippen molar-refractivity contribution in [3.63, 3.8) is 0 Å². The van der Waals surface area contributed by atoms with Crippen LogP contribution in [0.25, 0.3) is 0 Å². The minimum atomic E-state index is -0.224. The van der Waals surface area contributed by atoms with Crippen molar-refractivity contribution in [2.75, 3.05) is 19.6 Å². The van der Waals surface area contributed by atoms with Gasteiger partial charge in [0.1, 0.15) is 5.82 Å². The Morgan fingerprint density at radius 2 is 2.16 bits per heavy atom. The Bertz CT molecular complexity index is 399. The molecule has 104 valence electrons. The highest BCUT2D eigenvalue weighted by molar-refractivity contribution is 5.76. The van der Waals surface area contributed by atoms with E-state index in [1.807, 2.05) is 0 Å². The highest BCUT2D eigenvalue weighted by atomic mass is 19.1. The van der Waals surface area contributed by atoms with Crippen LogP contribution < -0.4 is 10.6 Å². The zero-order valence-electron chi connectivity index (χ0n) is 11.1. The minimum Gasteiger partial charge on any atom is -0.356 e. The van der Waals surface area contributed by atoms with Gasteiger partial charge in [-0.25, -0.2) is 4.39 Å². The molecule has 0 bridgehead atoms. The zero-order chi connectivity index (χ0) is 13.5. The molecule has 1 aromatic rings. The smallest absolute Gasteiger partial charge is 0.220 e. The Hall–Kier alpha value is -1.42. The van der Waals surface area contributed by atoms with Gasteiger partial charge in [0.2, 0.25) is 5.91 Å². The number of benzene rings is 1. The lowest BCUT2D eigenvalue weighted by atomic mass is 9.96. The molecular formula is C15H21FN2O. The fraction of sp³-hybridized carbons (Fsp3) is 0.533. The molecule has 1 saturated heterocycles. The number of amides is 1. The van der Waals surface area contributed by atoms with Crippen LogP contribution in [0.1, 0.15) is 24.8 Å². The van der Waals surface area contributed by atoms with Crippen LogP contribution >= 0.6 is 0 Å². The molecule has 1 heterocycles. The van der Waals surface area contributed by atoms with E-state index in [1.54, 1.807) is 12.1 Å². The lowest BCUT2D eigenvalue weighted by molar-refractivity contribution is -0.122. The van der Waals surface area contributed by atoms with Gasteiger partial charge in [-0.3, -0.25) is 4.79 Å². The summed E-state index contributed by atoms with van der Waals surface area (Å²) in [6, 6.07) is 6.41. The molecule has 1 aliphatic heterocycles. The summed E-state index contributed by atoms with van der Waals surface area (Å²) in [4.78, 5) is 11.8. The number of piperidine rings is 1. The number of carbonyl (C=O) groups excluding carboxylic acids is 1. The van der Waals surface area contributed by atoms with Crippen LogP contribution in [0.5, 0.6) is 0 Å². The van der Waals surface area contributed by atoms with E-state index in [2.05, 4.69) is 10.6 Å². The average molecular weight is 264 g/mol. The Morgan fingerprint density at radius 3 is 2.84 bits per heavy atom. The fourth-order valence-corrected chi connectivity index (χ4v) is 2.43. The summed E-state index contributed by atoms with van der Waals surface area (Å²) in [5.74, 6) is 0.368. The summed E-state index contributed by atoms with van der Waals surface area (Å²) < 4.78 is 12.7. The quantitative estimate of drug-likeness (QED) is 0.852. The molecule has 0 spiro atoms. The molecule has 2 N–H and O–H groups in total. The maximum atomic E-state index is 12.7. The number of hydrogen-bond donors (Lipinski definition) is 2. The third-order valence-corrected chi connectivity index (χ3v) is 3.52. The second-order valence-electron chi connectivity index (χ2n) is 5.14. The molecule has 1 fully saturated rings. The van der Waals surface area contributed by atoms with E-state index < -0.39 is 0 Å². The maximum Gasteiger partial charge on any atom is 0.220 e. The summed E-state index contributed by atoms with van der Waals surface area (Å²) in [5.41, 5.74) is 1.04. The van der Waals surface area contributed by atoms with E-state index in [4.69, 9.17) is 0 Å². The van der Waals surface area contributed by atoms with Crippen LogP contribution in [0.2, 0.25) is 0 Å². The summed E-state index contributed by atoms with van der Waals surface area (Å²) in [6.07, 6.45) is 3.65. The monoisotopic (exact) mass is 264 g/mol. The number of nitrogens with one attached hydrogen (secondary N) is 2. The second-order valence-corrected chi connectivity index (χ2v) is 5.14. The first-order chi connectivity index (χ1) is 9.24. The van der Waals surface area contributed by atoms with Crippen LogP contribution in [0.3, 0.4) is 0 Å². The molecule has 0 radical (unpaired) electrons. The first kappa shape index (κ1) is 14.0. The maximum absolute atomic E-state index is 12.7. The predicted molar refractivity (Wildman–Crippen MR) is 73.3 cm³/mol. The number of rotatable bonds is 5. The Labute approximate surface area is 113 Å². The predicted octanol–water partition coefficient (Wildman–Crippen LogP) is 1.87. The molecule has 3 nitrogen and oxygen atoms in total. The van der Waals surface area contributed by atoms with Crippen LogP contribution in [-0.4, -0.2) is 25.5 Å². The van der Waals surface area contributed by atoms with E-state index in [-0.39, 0.29) is 11.7 Å². The van der Waals surface area contributed by atoms with Crippen molar-refractivity contribution in [2.24, 2.45) is 5.92 Å². The van der Waals surface area contributed by atoms with Gasteiger partial charge < -0.3 is 10.6 Å². The van der Waals surface area contributed by atoms with Gasteiger partial charge in [-0.2, -0.15) is 0 Å². The average Bonchev–Trinajstić information content (AvgIpc) is 2.42. The van der Waals surface area contributed by atoms with E-state index in [0.717, 1.165) is 37.9 Å². The molecule has 1 unspecified atom stereocenters. The molecule has 19 heavy (non-hydrogen) atoms. The van der Waals surface area contributed by atoms with Gasteiger partial charge in [-0.15, -0.1) is 0 Å². The normalized spacial score (nSPS) is 19.1. The molecular weight excluding hydrogens is 243 g/mol. The molecule has 0 aromatic heterocycles.